The third kappa shape index (κ3) is 2.65. The first kappa shape index (κ1) is 13.4. The van der Waals surface area contributed by atoms with Crippen LogP contribution in [0.2, 0.25) is 5.02 Å². The molecule has 0 bridgehead atoms. The van der Waals surface area contributed by atoms with Gasteiger partial charge in [0.15, 0.2) is 10.8 Å². The molecule has 0 saturated heterocycles. The van der Waals surface area contributed by atoms with E-state index in [1.807, 2.05) is 54.0 Å². The van der Waals surface area contributed by atoms with Gasteiger partial charge in [0, 0.05) is 22.7 Å². The van der Waals surface area contributed by atoms with Crippen molar-refractivity contribution in [3.63, 3.8) is 0 Å². The van der Waals surface area contributed by atoms with Gasteiger partial charge in [0.1, 0.15) is 0 Å². The lowest BCUT2D eigenvalue weighted by Gasteiger charge is -2.08. The lowest BCUT2D eigenvalue weighted by molar-refractivity contribution is 0.802. The van der Waals surface area contributed by atoms with Gasteiger partial charge in [-0.25, -0.2) is 0 Å². The number of aromatic nitrogens is 3. The van der Waals surface area contributed by atoms with Gasteiger partial charge in [-0.1, -0.05) is 23.7 Å². The van der Waals surface area contributed by atoms with Gasteiger partial charge in [-0.05, 0) is 48.6 Å². The summed E-state index contributed by atoms with van der Waals surface area (Å²) in [7, 11) is 1.93. The second-order valence-electron chi connectivity index (χ2n) is 4.30. The van der Waals surface area contributed by atoms with Crippen molar-refractivity contribution in [3.8, 4) is 0 Å². The number of pyridine rings is 1. The van der Waals surface area contributed by atoms with Crippen molar-refractivity contribution in [2.75, 3.05) is 7.05 Å². The molecule has 2 heterocycles. The average molecular weight is 305 g/mol. The molecule has 0 radical (unpaired) electrons. The van der Waals surface area contributed by atoms with E-state index in [-0.39, 0.29) is 0 Å². The van der Waals surface area contributed by atoms with E-state index in [9.17, 15) is 0 Å². The molecule has 0 atom stereocenters. The van der Waals surface area contributed by atoms with Crippen molar-refractivity contribution in [2.45, 2.75) is 16.6 Å². The first-order chi connectivity index (χ1) is 9.78. The average Bonchev–Trinajstić information content (AvgIpc) is 2.86. The second kappa shape index (κ2) is 5.83. The van der Waals surface area contributed by atoms with Crippen LogP contribution in [0.5, 0.6) is 0 Å². The fourth-order valence-corrected chi connectivity index (χ4v) is 3.17. The van der Waals surface area contributed by atoms with Gasteiger partial charge in [0.25, 0.3) is 0 Å². The molecule has 1 N–H and O–H groups in total. The summed E-state index contributed by atoms with van der Waals surface area (Å²) in [6.07, 6.45) is 1.96. The highest BCUT2D eigenvalue weighted by Crippen LogP contribution is 2.31. The Kier molecular flexibility index (Phi) is 3.91. The number of fused-ring (bicyclic) bond motifs is 1. The smallest absolute Gasteiger partial charge is 0.200 e. The van der Waals surface area contributed by atoms with Crippen LogP contribution in [0.15, 0.2) is 52.6 Å². The molecule has 20 heavy (non-hydrogen) atoms. The number of benzene rings is 1. The number of hydrogen-bond acceptors (Lipinski definition) is 4. The molecule has 2 aromatic heterocycles. The standard InChI is InChI=1S/C14H13ClN4S/c1-16-9-10-5-6-11(15)8-12(10)20-14-18-17-13-4-2-3-7-19(13)14/h2-8,16H,9H2,1H3. The summed E-state index contributed by atoms with van der Waals surface area (Å²) >= 11 is 7.67. The molecule has 0 saturated carbocycles. The Bertz CT molecular complexity index is 741. The van der Waals surface area contributed by atoms with Crippen molar-refractivity contribution in [2.24, 2.45) is 0 Å². The summed E-state index contributed by atoms with van der Waals surface area (Å²) in [5, 5.41) is 13.1. The normalized spacial score (nSPS) is 11.1. The van der Waals surface area contributed by atoms with Crippen LogP contribution in [0.4, 0.5) is 0 Å². The fraction of sp³-hybridized carbons (Fsp3) is 0.143. The number of halogens is 1. The molecule has 3 rings (SSSR count). The van der Waals surface area contributed by atoms with Crippen LogP contribution in [0, 0.1) is 0 Å². The Morgan fingerprint density at radius 3 is 3.00 bits per heavy atom. The predicted octanol–water partition coefficient (Wildman–Crippen LogP) is 3.25. The molecule has 1 aromatic carbocycles. The van der Waals surface area contributed by atoms with Crippen LogP contribution in [0.1, 0.15) is 5.56 Å². The molecule has 0 spiro atoms. The Hall–Kier alpha value is -1.56. The zero-order valence-electron chi connectivity index (χ0n) is 10.9. The molecule has 4 nitrogen and oxygen atoms in total. The number of rotatable bonds is 4. The first-order valence-corrected chi connectivity index (χ1v) is 7.38. The van der Waals surface area contributed by atoms with Crippen molar-refractivity contribution >= 4 is 29.0 Å². The Labute approximate surface area is 126 Å². The third-order valence-corrected chi connectivity index (χ3v) is 4.18. The van der Waals surface area contributed by atoms with Gasteiger partial charge in [0.05, 0.1) is 0 Å². The molecule has 0 aliphatic heterocycles. The minimum absolute atomic E-state index is 0.723. The molecule has 6 heteroatoms. The molecule has 0 aliphatic rings. The van der Waals surface area contributed by atoms with Crippen LogP contribution in [0.3, 0.4) is 0 Å². The monoisotopic (exact) mass is 304 g/mol. The Balaban J connectivity index is 2.00. The highest BCUT2D eigenvalue weighted by atomic mass is 35.5. The zero-order chi connectivity index (χ0) is 13.9. The van der Waals surface area contributed by atoms with Crippen molar-refractivity contribution in [3.05, 3.63) is 53.2 Å². The zero-order valence-corrected chi connectivity index (χ0v) is 12.4. The van der Waals surface area contributed by atoms with Crippen LogP contribution < -0.4 is 5.32 Å². The fourth-order valence-electron chi connectivity index (χ4n) is 1.95. The number of nitrogens with one attached hydrogen (secondary N) is 1. The molecular formula is C14H13ClN4S. The van der Waals surface area contributed by atoms with Gasteiger partial charge in [0.2, 0.25) is 0 Å². The molecule has 0 amide bonds. The molecular weight excluding hydrogens is 292 g/mol. The van der Waals surface area contributed by atoms with Crippen molar-refractivity contribution < 1.29 is 0 Å². The molecule has 0 aliphatic carbocycles. The Morgan fingerprint density at radius 1 is 1.25 bits per heavy atom. The van der Waals surface area contributed by atoms with Crippen LogP contribution in [-0.4, -0.2) is 21.6 Å². The van der Waals surface area contributed by atoms with E-state index in [0.717, 1.165) is 27.3 Å². The van der Waals surface area contributed by atoms with E-state index < -0.39 is 0 Å². The van der Waals surface area contributed by atoms with Gasteiger partial charge < -0.3 is 5.32 Å². The maximum atomic E-state index is 6.10. The predicted molar refractivity (Wildman–Crippen MR) is 81.3 cm³/mol. The van der Waals surface area contributed by atoms with Gasteiger partial charge in [-0.15, -0.1) is 10.2 Å². The SMILES string of the molecule is CNCc1ccc(Cl)cc1Sc1nnc2ccccn12. The van der Waals surface area contributed by atoms with Gasteiger partial charge in [-0.3, -0.25) is 4.40 Å². The Morgan fingerprint density at radius 2 is 2.15 bits per heavy atom. The van der Waals surface area contributed by atoms with Crippen LogP contribution in [0.25, 0.3) is 5.65 Å². The van der Waals surface area contributed by atoms with Crippen LogP contribution >= 0.6 is 23.4 Å². The topological polar surface area (TPSA) is 42.2 Å². The largest absolute Gasteiger partial charge is 0.316 e. The van der Waals surface area contributed by atoms with E-state index in [2.05, 4.69) is 15.5 Å². The summed E-state index contributed by atoms with van der Waals surface area (Å²) in [4.78, 5) is 1.09. The maximum Gasteiger partial charge on any atom is 0.200 e. The van der Waals surface area contributed by atoms with Crippen LogP contribution in [-0.2, 0) is 6.54 Å². The number of nitrogens with zero attached hydrogens (tertiary/aromatic N) is 3. The van der Waals surface area contributed by atoms with E-state index in [4.69, 9.17) is 11.6 Å². The third-order valence-electron chi connectivity index (χ3n) is 2.88. The quantitative estimate of drug-likeness (QED) is 0.803. The summed E-state index contributed by atoms with van der Waals surface area (Å²) in [6, 6.07) is 11.7. The molecule has 3 aromatic rings. The molecule has 0 unspecified atom stereocenters. The lowest BCUT2D eigenvalue weighted by atomic mass is 10.2. The van der Waals surface area contributed by atoms with E-state index in [0.29, 0.717) is 0 Å². The summed E-state index contributed by atoms with van der Waals surface area (Å²) in [5.41, 5.74) is 2.03. The second-order valence-corrected chi connectivity index (χ2v) is 5.74. The highest BCUT2D eigenvalue weighted by molar-refractivity contribution is 7.99. The summed E-state index contributed by atoms with van der Waals surface area (Å²) in [6.45, 7) is 0.788. The van der Waals surface area contributed by atoms with E-state index in [1.54, 1.807) is 11.8 Å². The highest BCUT2D eigenvalue weighted by Gasteiger charge is 2.10. The van der Waals surface area contributed by atoms with Gasteiger partial charge in [-0.2, -0.15) is 0 Å². The molecule has 102 valence electrons. The van der Waals surface area contributed by atoms with Crippen molar-refractivity contribution in [1.82, 2.24) is 19.9 Å². The maximum absolute atomic E-state index is 6.10. The van der Waals surface area contributed by atoms with E-state index in [1.165, 1.54) is 5.56 Å². The first-order valence-electron chi connectivity index (χ1n) is 6.18. The van der Waals surface area contributed by atoms with Crippen molar-refractivity contribution in [1.29, 1.82) is 0 Å². The van der Waals surface area contributed by atoms with Gasteiger partial charge >= 0.3 is 0 Å². The van der Waals surface area contributed by atoms with E-state index >= 15 is 0 Å². The molecule has 0 fully saturated rings. The minimum Gasteiger partial charge on any atom is -0.316 e. The summed E-state index contributed by atoms with van der Waals surface area (Å²) < 4.78 is 1.97. The summed E-state index contributed by atoms with van der Waals surface area (Å²) in [5.74, 6) is 0. The minimum atomic E-state index is 0.723. The lowest BCUT2D eigenvalue weighted by Crippen LogP contribution is -2.06. The number of hydrogen-bond donors (Lipinski definition) is 1.